The zero-order chi connectivity index (χ0) is 21.8. The molecule has 0 spiro atoms. The topological polar surface area (TPSA) is 121 Å². The maximum Gasteiger partial charge on any atom is 0.233 e. The van der Waals surface area contributed by atoms with Crippen molar-refractivity contribution in [3.63, 3.8) is 0 Å². The third-order valence-electron chi connectivity index (χ3n) is 3.80. The van der Waals surface area contributed by atoms with E-state index >= 15 is 0 Å². The standard InChI is InChI=1S/C18H23F2N5O3S/c1-11(2)10-29(26,27)24-16-5-4-14(19)18(17(16)20)25(22)9-15(21)12-6-13(28-3)8-23-7-12/h4-8,11,21,24H,9-10,22H2,1-3H3. The second kappa shape index (κ2) is 9.14. The van der Waals surface area contributed by atoms with Crippen molar-refractivity contribution >= 4 is 27.1 Å². The van der Waals surface area contributed by atoms with Crippen LogP contribution in [0.3, 0.4) is 0 Å². The molecule has 4 N–H and O–H groups in total. The Morgan fingerprint density at radius 1 is 1.34 bits per heavy atom. The highest BCUT2D eigenvalue weighted by molar-refractivity contribution is 7.92. The van der Waals surface area contributed by atoms with Crippen LogP contribution in [0.15, 0.2) is 30.6 Å². The molecule has 1 aromatic heterocycles. The van der Waals surface area contributed by atoms with Crippen LogP contribution in [-0.4, -0.2) is 38.5 Å². The molecule has 0 aliphatic carbocycles. The molecule has 158 valence electrons. The summed E-state index contributed by atoms with van der Waals surface area (Å²) in [4.78, 5) is 3.92. The SMILES string of the molecule is COc1cncc(C(=N)CN(N)c2c(F)ccc(NS(=O)(=O)CC(C)C)c2F)c1. The Morgan fingerprint density at radius 3 is 2.66 bits per heavy atom. The van der Waals surface area contributed by atoms with Gasteiger partial charge in [-0.3, -0.25) is 14.7 Å². The molecule has 2 aromatic rings. The van der Waals surface area contributed by atoms with E-state index in [9.17, 15) is 17.2 Å². The fraction of sp³-hybridized carbons (Fsp3) is 0.333. The summed E-state index contributed by atoms with van der Waals surface area (Å²) in [6.45, 7) is 3.05. The number of nitrogens with zero attached hydrogens (tertiary/aromatic N) is 2. The molecule has 2 rings (SSSR count). The monoisotopic (exact) mass is 427 g/mol. The summed E-state index contributed by atoms with van der Waals surface area (Å²) in [5.41, 5.74) is -0.791. The van der Waals surface area contributed by atoms with Gasteiger partial charge in [0.2, 0.25) is 10.0 Å². The molecule has 11 heteroatoms. The van der Waals surface area contributed by atoms with Gasteiger partial charge in [0.15, 0.2) is 11.6 Å². The van der Waals surface area contributed by atoms with Gasteiger partial charge in [0.1, 0.15) is 11.4 Å². The summed E-state index contributed by atoms with van der Waals surface area (Å²) in [7, 11) is -2.38. The Morgan fingerprint density at radius 2 is 2.03 bits per heavy atom. The number of nitrogens with two attached hydrogens (primary N) is 1. The summed E-state index contributed by atoms with van der Waals surface area (Å²) in [5, 5.41) is 8.82. The first-order valence-corrected chi connectivity index (χ1v) is 10.3. The van der Waals surface area contributed by atoms with Crippen LogP contribution in [0.5, 0.6) is 5.75 Å². The number of aromatic nitrogens is 1. The van der Waals surface area contributed by atoms with Gasteiger partial charge in [-0.05, 0) is 24.1 Å². The number of methoxy groups -OCH3 is 1. The number of ether oxygens (including phenoxy) is 1. The predicted octanol–water partition coefficient (Wildman–Crippen LogP) is 2.51. The number of pyridine rings is 1. The van der Waals surface area contributed by atoms with E-state index in [0.717, 1.165) is 12.1 Å². The molecule has 0 aliphatic rings. The van der Waals surface area contributed by atoms with Crippen LogP contribution >= 0.6 is 0 Å². The highest BCUT2D eigenvalue weighted by atomic mass is 32.2. The number of halogens is 2. The molecule has 0 fully saturated rings. The molecular formula is C18H23F2N5O3S. The van der Waals surface area contributed by atoms with E-state index < -0.39 is 33.0 Å². The number of benzene rings is 1. The van der Waals surface area contributed by atoms with E-state index in [-0.39, 0.29) is 23.9 Å². The lowest BCUT2D eigenvalue weighted by molar-refractivity contribution is 0.413. The van der Waals surface area contributed by atoms with Crippen molar-refractivity contribution in [3.8, 4) is 5.75 Å². The lowest BCUT2D eigenvalue weighted by atomic mass is 10.1. The van der Waals surface area contributed by atoms with Crippen molar-refractivity contribution < 1.29 is 21.9 Å². The Bertz CT molecular complexity index is 999. The van der Waals surface area contributed by atoms with Crippen LogP contribution in [0, 0.1) is 23.0 Å². The highest BCUT2D eigenvalue weighted by Gasteiger charge is 2.22. The molecule has 0 unspecified atom stereocenters. The molecule has 1 heterocycles. The second-order valence-electron chi connectivity index (χ2n) is 6.75. The Hall–Kier alpha value is -2.79. The molecule has 0 bridgehead atoms. The molecule has 8 nitrogen and oxygen atoms in total. The van der Waals surface area contributed by atoms with Gasteiger partial charge in [0.05, 0.1) is 37.0 Å². The molecule has 0 radical (unpaired) electrons. The Labute approximate surface area is 168 Å². The lowest BCUT2D eigenvalue weighted by Crippen LogP contribution is -2.37. The second-order valence-corrected chi connectivity index (χ2v) is 8.52. The van der Waals surface area contributed by atoms with Gasteiger partial charge >= 0.3 is 0 Å². The van der Waals surface area contributed by atoms with Gasteiger partial charge in [-0.1, -0.05) is 13.8 Å². The third kappa shape index (κ3) is 5.84. The third-order valence-corrected chi connectivity index (χ3v) is 5.43. The molecule has 29 heavy (non-hydrogen) atoms. The summed E-state index contributed by atoms with van der Waals surface area (Å²) in [6.07, 6.45) is 2.84. The summed E-state index contributed by atoms with van der Waals surface area (Å²) >= 11 is 0. The van der Waals surface area contributed by atoms with Gasteiger partial charge in [0, 0.05) is 11.8 Å². The van der Waals surface area contributed by atoms with E-state index in [2.05, 4.69) is 9.71 Å². The van der Waals surface area contributed by atoms with Gasteiger partial charge in [-0.25, -0.2) is 23.0 Å². The predicted molar refractivity (Wildman–Crippen MR) is 108 cm³/mol. The van der Waals surface area contributed by atoms with Crippen LogP contribution in [0.2, 0.25) is 0 Å². The zero-order valence-electron chi connectivity index (χ0n) is 16.2. The van der Waals surface area contributed by atoms with E-state index in [1.807, 2.05) is 0 Å². The number of hydrogen-bond acceptors (Lipinski definition) is 7. The number of rotatable bonds is 9. The summed E-state index contributed by atoms with van der Waals surface area (Å²) in [5.74, 6) is 3.65. The van der Waals surface area contributed by atoms with Crippen molar-refractivity contribution in [2.24, 2.45) is 11.8 Å². The van der Waals surface area contributed by atoms with Crippen LogP contribution in [0.25, 0.3) is 0 Å². The largest absolute Gasteiger partial charge is 0.495 e. The first-order chi connectivity index (χ1) is 13.5. The maximum absolute atomic E-state index is 14.8. The van der Waals surface area contributed by atoms with Gasteiger partial charge in [-0.15, -0.1) is 0 Å². The molecule has 0 saturated carbocycles. The lowest BCUT2D eigenvalue weighted by Gasteiger charge is -2.22. The number of sulfonamides is 1. The molecular weight excluding hydrogens is 404 g/mol. The smallest absolute Gasteiger partial charge is 0.233 e. The average molecular weight is 427 g/mol. The zero-order valence-corrected chi connectivity index (χ0v) is 17.1. The number of hydrazine groups is 1. The quantitative estimate of drug-likeness (QED) is 0.321. The average Bonchev–Trinajstić information content (AvgIpc) is 2.63. The van der Waals surface area contributed by atoms with Crippen LogP contribution in [0.4, 0.5) is 20.2 Å². The molecule has 0 amide bonds. The van der Waals surface area contributed by atoms with Crippen molar-refractivity contribution in [2.45, 2.75) is 13.8 Å². The van der Waals surface area contributed by atoms with Crippen LogP contribution in [-0.2, 0) is 10.0 Å². The number of anilines is 2. The Kier molecular flexibility index (Phi) is 7.09. The summed E-state index contributed by atoms with van der Waals surface area (Å²) < 4.78 is 60.4. The fourth-order valence-electron chi connectivity index (χ4n) is 2.57. The highest BCUT2D eigenvalue weighted by Crippen LogP contribution is 2.29. The molecule has 0 aliphatic heterocycles. The number of hydrogen-bond donors (Lipinski definition) is 3. The van der Waals surface area contributed by atoms with Crippen molar-refractivity contribution in [1.29, 1.82) is 5.41 Å². The van der Waals surface area contributed by atoms with E-state index in [1.165, 1.54) is 25.6 Å². The van der Waals surface area contributed by atoms with E-state index in [4.69, 9.17) is 16.0 Å². The van der Waals surface area contributed by atoms with Gasteiger partial charge in [0.25, 0.3) is 0 Å². The molecule has 1 aromatic carbocycles. The summed E-state index contributed by atoms with van der Waals surface area (Å²) in [6, 6.07) is 3.42. The number of nitrogens with one attached hydrogen (secondary N) is 2. The van der Waals surface area contributed by atoms with E-state index in [0.29, 0.717) is 16.3 Å². The van der Waals surface area contributed by atoms with Crippen molar-refractivity contribution in [1.82, 2.24) is 4.98 Å². The van der Waals surface area contributed by atoms with Gasteiger partial charge < -0.3 is 10.1 Å². The maximum atomic E-state index is 14.8. The minimum atomic E-state index is -3.82. The van der Waals surface area contributed by atoms with E-state index in [1.54, 1.807) is 13.8 Å². The minimum Gasteiger partial charge on any atom is -0.495 e. The molecule has 0 atom stereocenters. The van der Waals surface area contributed by atoms with Gasteiger partial charge in [-0.2, -0.15) is 0 Å². The first kappa shape index (κ1) is 22.5. The van der Waals surface area contributed by atoms with Crippen molar-refractivity contribution in [2.75, 3.05) is 29.1 Å². The van der Waals surface area contributed by atoms with Crippen LogP contribution < -0.4 is 20.3 Å². The normalized spacial score (nSPS) is 11.4. The first-order valence-electron chi connectivity index (χ1n) is 8.61. The van der Waals surface area contributed by atoms with Crippen molar-refractivity contribution in [3.05, 3.63) is 47.8 Å². The van der Waals surface area contributed by atoms with Crippen LogP contribution in [0.1, 0.15) is 19.4 Å². The molecule has 0 saturated heterocycles. The fourth-order valence-corrected chi connectivity index (χ4v) is 4.02. The Balaban J connectivity index is 2.27. The minimum absolute atomic E-state index is 0.0662.